The number of rotatable bonds is 9. The first-order valence-electron chi connectivity index (χ1n) is 15.0. The van der Waals surface area contributed by atoms with Crippen molar-refractivity contribution in [1.29, 1.82) is 0 Å². The molecule has 11 heteroatoms. The summed E-state index contributed by atoms with van der Waals surface area (Å²) in [5.74, 6) is -0.715. The molecule has 3 aliphatic heterocycles. The minimum absolute atomic E-state index is 0.109. The number of amides is 2. The molecule has 0 aromatic carbocycles. The Bertz CT molecular complexity index is 876. The molecule has 222 valence electrons. The quantitative estimate of drug-likeness (QED) is 0.270. The highest BCUT2D eigenvalue weighted by molar-refractivity contribution is 5.83. The van der Waals surface area contributed by atoms with Crippen molar-refractivity contribution in [2.45, 2.75) is 89.4 Å². The van der Waals surface area contributed by atoms with E-state index in [1.807, 2.05) is 11.8 Å². The van der Waals surface area contributed by atoms with E-state index >= 15 is 4.39 Å². The summed E-state index contributed by atoms with van der Waals surface area (Å²) in [7, 11) is 0. The van der Waals surface area contributed by atoms with Crippen LogP contribution < -0.4 is 27.4 Å². The second kappa shape index (κ2) is 13.7. The summed E-state index contributed by atoms with van der Waals surface area (Å²) < 4.78 is 30.0. The lowest BCUT2D eigenvalue weighted by Crippen LogP contribution is -2.68. The zero-order valence-electron chi connectivity index (χ0n) is 23.6. The molecule has 7 N–H and O–H groups in total. The van der Waals surface area contributed by atoms with E-state index in [1.54, 1.807) is 0 Å². The van der Waals surface area contributed by atoms with Crippen molar-refractivity contribution in [2.24, 2.45) is 29.2 Å². The van der Waals surface area contributed by atoms with Gasteiger partial charge in [-0.15, -0.1) is 0 Å². The maximum atomic E-state index is 15.4. The first-order chi connectivity index (χ1) is 18.7. The lowest BCUT2D eigenvalue weighted by molar-refractivity contribution is -0.135. The van der Waals surface area contributed by atoms with Gasteiger partial charge in [-0.2, -0.15) is 0 Å². The molecule has 2 amide bonds. The maximum absolute atomic E-state index is 15.4. The average Bonchev–Trinajstić information content (AvgIpc) is 3.75. The van der Waals surface area contributed by atoms with Gasteiger partial charge in [-0.05, 0) is 50.0 Å². The Hall–Kier alpha value is -1.82. The number of nitrogens with zero attached hydrogens (tertiary/aromatic N) is 2. The molecule has 4 aliphatic rings. The predicted octanol–water partition coefficient (Wildman–Crippen LogP) is 0.997. The van der Waals surface area contributed by atoms with E-state index in [9.17, 15) is 14.0 Å². The van der Waals surface area contributed by atoms with Gasteiger partial charge in [-0.3, -0.25) is 14.5 Å². The van der Waals surface area contributed by atoms with Crippen molar-refractivity contribution in [3.05, 3.63) is 11.3 Å². The highest BCUT2D eigenvalue weighted by Crippen LogP contribution is 2.33. The molecule has 0 radical (unpaired) electrons. The van der Waals surface area contributed by atoms with E-state index in [4.69, 9.17) is 11.5 Å². The summed E-state index contributed by atoms with van der Waals surface area (Å²) in [6.07, 6.45) is 2.53. The lowest BCUT2D eigenvalue weighted by Gasteiger charge is -2.46. The number of hydrogen-bond acceptors (Lipinski definition) is 7. The van der Waals surface area contributed by atoms with E-state index in [0.29, 0.717) is 51.3 Å². The van der Waals surface area contributed by atoms with Crippen LogP contribution in [-0.4, -0.2) is 98.0 Å². The number of carbonyl (C=O) groups excluding carboxylic acids is 2. The first-order valence-corrected chi connectivity index (χ1v) is 15.0. The van der Waals surface area contributed by atoms with Gasteiger partial charge in [0.25, 0.3) is 0 Å². The minimum Gasteiger partial charge on any atom is -0.385 e. The highest BCUT2D eigenvalue weighted by atomic mass is 19.1. The Labute approximate surface area is 231 Å². The third kappa shape index (κ3) is 7.28. The highest BCUT2D eigenvalue weighted by Gasteiger charge is 2.43. The summed E-state index contributed by atoms with van der Waals surface area (Å²) in [6.45, 7) is 7.18. The van der Waals surface area contributed by atoms with Gasteiger partial charge in [-0.25, -0.2) is 8.78 Å². The van der Waals surface area contributed by atoms with Crippen LogP contribution in [0.5, 0.6) is 0 Å². The van der Waals surface area contributed by atoms with E-state index < -0.39 is 36.5 Å². The van der Waals surface area contributed by atoms with Crippen LogP contribution in [-0.2, 0) is 9.59 Å². The van der Waals surface area contributed by atoms with Crippen LogP contribution >= 0.6 is 0 Å². The largest absolute Gasteiger partial charge is 0.385 e. The van der Waals surface area contributed by atoms with Crippen LogP contribution in [0, 0.1) is 17.8 Å². The third-order valence-corrected chi connectivity index (χ3v) is 8.97. The number of halogens is 2. The van der Waals surface area contributed by atoms with E-state index in [1.165, 1.54) is 0 Å². The number of piperidine rings is 1. The third-order valence-electron chi connectivity index (χ3n) is 8.97. The van der Waals surface area contributed by atoms with Gasteiger partial charge in [0.2, 0.25) is 11.8 Å². The number of hydrogen-bond donors (Lipinski definition) is 5. The van der Waals surface area contributed by atoms with E-state index in [2.05, 4.69) is 27.8 Å². The number of carbonyl (C=O) groups is 2. The van der Waals surface area contributed by atoms with Crippen LogP contribution in [0.4, 0.5) is 8.78 Å². The summed E-state index contributed by atoms with van der Waals surface area (Å²) >= 11 is 0. The monoisotopic (exact) mass is 553 g/mol. The fourth-order valence-corrected chi connectivity index (χ4v) is 6.76. The summed E-state index contributed by atoms with van der Waals surface area (Å²) in [5.41, 5.74) is 14.2. The Morgan fingerprint density at radius 1 is 1.03 bits per heavy atom. The fraction of sp³-hybridized carbons (Fsp3) is 0.857. The molecule has 6 unspecified atom stereocenters. The van der Waals surface area contributed by atoms with Crippen molar-refractivity contribution in [3.63, 3.8) is 0 Å². The molecular weight excluding hydrogens is 504 g/mol. The molecule has 2 saturated heterocycles. The Kier molecular flexibility index (Phi) is 10.6. The topological polar surface area (TPSA) is 129 Å². The van der Waals surface area contributed by atoms with Crippen LogP contribution in [0.15, 0.2) is 11.3 Å². The lowest BCUT2D eigenvalue weighted by atomic mass is 9.81. The van der Waals surface area contributed by atoms with Crippen LogP contribution in [0.25, 0.3) is 0 Å². The van der Waals surface area contributed by atoms with Crippen molar-refractivity contribution < 1.29 is 18.4 Å². The average molecular weight is 554 g/mol. The summed E-state index contributed by atoms with van der Waals surface area (Å²) in [4.78, 5) is 30.3. The second-order valence-corrected chi connectivity index (χ2v) is 11.8. The number of piperazine rings is 1. The van der Waals surface area contributed by atoms with Crippen molar-refractivity contribution in [1.82, 2.24) is 25.8 Å². The van der Waals surface area contributed by atoms with Gasteiger partial charge in [0.05, 0.1) is 18.2 Å². The van der Waals surface area contributed by atoms with Crippen molar-refractivity contribution in [3.8, 4) is 0 Å². The summed E-state index contributed by atoms with van der Waals surface area (Å²) in [6, 6.07) is -1.01. The molecule has 3 fully saturated rings. The van der Waals surface area contributed by atoms with Crippen LogP contribution in [0.1, 0.15) is 58.8 Å². The summed E-state index contributed by atoms with van der Waals surface area (Å²) in [5, 5.41) is 9.41. The molecule has 1 saturated carbocycles. The molecule has 6 atom stereocenters. The fourth-order valence-electron chi connectivity index (χ4n) is 6.76. The van der Waals surface area contributed by atoms with Gasteiger partial charge in [0, 0.05) is 57.4 Å². The Morgan fingerprint density at radius 2 is 1.74 bits per heavy atom. The molecule has 4 rings (SSSR count). The van der Waals surface area contributed by atoms with Gasteiger partial charge < -0.3 is 32.3 Å². The number of alkyl halides is 2. The normalized spacial score (nSPS) is 31.9. The van der Waals surface area contributed by atoms with Gasteiger partial charge >= 0.3 is 0 Å². The number of nitrogens with two attached hydrogens (primary N) is 2. The van der Waals surface area contributed by atoms with Crippen molar-refractivity contribution >= 4 is 11.8 Å². The molecule has 0 spiro atoms. The van der Waals surface area contributed by atoms with E-state index in [0.717, 1.165) is 37.7 Å². The SMILES string of the molecule is CCCC1CCC(F)CNC(C(C(=O)NC2CNCC(F)C2N2CCN(C(=O)C3CC3)CC2)C(N)N)=C1CC. The molecule has 0 aromatic rings. The molecule has 9 nitrogen and oxygen atoms in total. The number of nitrogens with one attached hydrogen (secondary N) is 3. The molecule has 39 heavy (non-hydrogen) atoms. The van der Waals surface area contributed by atoms with Gasteiger partial charge in [0.15, 0.2) is 0 Å². The standard InChI is InChI=1S/C28H49F2N7O2/c1-3-5-17-8-9-19(29)14-34-24(20(17)4-2)23(26(31)32)27(38)35-22-16-33-15-21(30)25(22)36-10-12-37(13-11-36)28(39)18-6-7-18/h17-19,21-23,25-26,33-34H,3-16,31-32H2,1-2H3,(H,35,38). The first kappa shape index (κ1) is 30.1. The zero-order chi connectivity index (χ0) is 28.1. The Balaban J connectivity index is 1.51. The van der Waals surface area contributed by atoms with Gasteiger partial charge in [0.1, 0.15) is 18.3 Å². The van der Waals surface area contributed by atoms with Crippen molar-refractivity contribution in [2.75, 3.05) is 45.8 Å². The van der Waals surface area contributed by atoms with Gasteiger partial charge in [-0.1, -0.05) is 20.3 Å². The minimum atomic E-state index is -1.18. The van der Waals surface area contributed by atoms with E-state index in [-0.39, 0.29) is 36.7 Å². The molecular formula is C28H49F2N7O2. The van der Waals surface area contributed by atoms with Crippen LogP contribution in [0.2, 0.25) is 0 Å². The molecule has 3 heterocycles. The van der Waals surface area contributed by atoms with Crippen LogP contribution in [0.3, 0.4) is 0 Å². The second-order valence-electron chi connectivity index (χ2n) is 11.8. The smallest absolute Gasteiger partial charge is 0.232 e. The predicted molar refractivity (Wildman–Crippen MR) is 148 cm³/mol. The number of allylic oxidation sites excluding steroid dienone is 1. The Morgan fingerprint density at radius 3 is 2.36 bits per heavy atom. The molecule has 0 bridgehead atoms. The molecule has 0 aromatic heterocycles. The zero-order valence-corrected chi connectivity index (χ0v) is 23.6. The molecule has 1 aliphatic carbocycles. The maximum Gasteiger partial charge on any atom is 0.232 e.